The molecule has 2 heterocycles. The van der Waals surface area contributed by atoms with Gasteiger partial charge in [-0.1, -0.05) is 36.4 Å². The molecule has 0 fully saturated rings. The lowest BCUT2D eigenvalue weighted by Crippen LogP contribution is -2.03. The van der Waals surface area contributed by atoms with Gasteiger partial charge in [0.25, 0.3) is 0 Å². The van der Waals surface area contributed by atoms with Crippen LogP contribution in [0.4, 0.5) is 5.69 Å². The zero-order chi connectivity index (χ0) is 17.2. The van der Waals surface area contributed by atoms with Gasteiger partial charge in [-0.3, -0.25) is 9.78 Å². The fourth-order valence-electron chi connectivity index (χ4n) is 3.41. The number of nitrogens with one attached hydrogen (secondary N) is 1. The summed E-state index contributed by atoms with van der Waals surface area (Å²) in [5, 5.41) is 2.94. The molecule has 25 heavy (non-hydrogen) atoms. The Morgan fingerprint density at radius 3 is 2.64 bits per heavy atom. The van der Waals surface area contributed by atoms with Crippen LogP contribution < -0.4 is 5.32 Å². The molecule has 0 atom stereocenters. The number of carbonyl (C=O) groups is 1. The maximum atomic E-state index is 11.6. The van der Waals surface area contributed by atoms with E-state index in [0.717, 1.165) is 35.2 Å². The standard InChI is InChI=1S/C22H20N2O/c1-15-9-18-11-22(25)24-21(18)12-20(15)19-10-17(13-23-14-19)8-7-16-5-3-2-4-6-16/h2-6,9-10,12-14H,7-8,11H2,1H3,(H,24,25). The average molecular weight is 328 g/mol. The van der Waals surface area contributed by atoms with Crippen molar-refractivity contribution < 1.29 is 4.79 Å². The summed E-state index contributed by atoms with van der Waals surface area (Å²) in [6, 6.07) is 16.9. The summed E-state index contributed by atoms with van der Waals surface area (Å²) < 4.78 is 0. The maximum absolute atomic E-state index is 11.6. The molecule has 0 radical (unpaired) electrons. The minimum absolute atomic E-state index is 0.0706. The van der Waals surface area contributed by atoms with E-state index in [2.05, 4.69) is 59.7 Å². The van der Waals surface area contributed by atoms with Gasteiger partial charge >= 0.3 is 0 Å². The van der Waals surface area contributed by atoms with E-state index < -0.39 is 0 Å². The lowest BCUT2D eigenvalue weighted by molar-refractivity contribution is -0.115. The van der Waals surface area contributed by atoms with Crippen molar-refractivity contribution in [1.29, 1.82) is 0 Å². The first-order valence-corrected chi connectivity index (χ1v) is 8.60. The molecule has 1 aliphatic rings. The second-order valence-electron chi connectivity index (χ2n) is 6.62. The van der Waals surface area contributed by atoms with Crippen molar-refractivity contribution in [3.8, 4) is 11.1 Å². The van der Waals surface area contributed by atoms with Crippen molar-refractivity contribution in [2.45, 2.75) is 26.2 Å². The van der Waals surface area contributed by atoms with Gasteiger partial charge in [0, 0.05) is 23.6 Å². The topological polar surface area (TPSA) is 42.0 Å². The maximum Gasteiger partial charge on any atom is 0.228 e. The molecule has 0 bridgehead atoms. The van der Waals surface area contributed by atoms with Crippen LogP contribution in [0.2, 0.25) is 0 Å². The Hall–Kier alpha value is -2.94. The van der Waals surface area contributed by atoms with E-state index in [1.54, 1.807) is 0 Å². The second kappa shape index (κ2) is 6.52. The summed E-state index contributed by atoms with van der Waals surface area (Å²) in [6.07, 6.45) is 6.29. The van der Waals surface area contributed by atoms with Crippen LogP contribution in [0.15, 0.2) is 60.9 Å². The number of carbonyl (C=O) groups excluding carboxylic acids is 1. The number of pyridine rings is 1. The molecule has 1 amide bonds. The molecule has 0 spiro atoms. The summed E-state index contributed by atoms with van der Waals surface area (Å²) in [5.41, 5.74) is 7.99. The Kier molecular flexibility index (Phi) is 4.06. The molecule has 3 aromatic rings. The molecular formula is C22H20N2O. The molecule has 3 heteroatoms. The van der Waals surface area contributed by atoms with E-state index >= 15 is 0 Å². The Balaban J connectivity index is 1.60. The van der Waals surface area contributed by atoms with Crippen LogP contribution in [0.5, 0.6) is 0 Å². The molecule has 0 saturated heterocycles. The van der Waals surface area contributed by atoms with Crippen molar-refractivity contribution in [3.05, 3.63) is 83.2 Å². The first-order chi connectivity index (χ1) is 12.2. The smallest absolute Gasteiger partial charge is 0.228 e. The van der Waals surface area contributed by atoms with E-state index in [-0.39, 0.29) is 5.91 Å². The highest BCUT2D eigenvalue weighted by atomic mass is 16.1. The van der Waals surface area contributed by atoms with Crippen molar-refractivity contribution in [2.75, 3.05) is 5.32 Å². The van der Waals surface area contributed by atoms with Gasteiger partial charge in [-0.15, -0.1) is 0 Å². The summed E-state index contributed by atoms with van der Waals surface area (Å²) in [7, 11) is 0. The van der Waals surface area contributed by atoms with Gasteiger partial charge in [-0.2, -0.15) is 0 Å². The van der Waals surface area contributed by atoms with E-state index in [1.165, 1.54) is 16.7 Å². The van der Waals surface area contributed by atoms with Crippen molar-refractivity contribution >= 4 is 11.6 Å². The van der Waals surface area contributed by atoms with E-state index in [4.69, 9.17) is 0 Å². The number of anilines is 1. The fourth-order valence-corrected chi connectivity index (χ4v) is 3.41. The Labute approximate surface area is 147 Å². The van der Waals surface area contributed by atoms with Crippen LogP contribution >= 0.6 is 0 Å². The minimum Gasteiger partial charge on any atom is -0.326 e. The Morgan fingerprint density at radius 1 is 1.00 bits per heavy atom. The van der Waals surface area contributed by atoms with Crippen LogP contribution in [0.3, 0.4) is 0 Å². The summed E-state index contributed by atoms with van der Waals surface area (Å²) in [4.78, 5) is 16.0. The van der Waals surface area contributed by atoms with E-state index in [1.807, 2.05) is 18.5 Å². The van der Waals surface area contributed by atoms with Crippen molar-refractivity contribution in [2.24, 2.45) is 0 Å². The molecule has 0 aliphatic carbocycles. The molecule has 1 N–H and O–H groups in total. The SMILES string of the molecule is Cc1cc2c(cc1-c1cncc(CCc3ccccc3)c1)NC(=O)C2. The number of aromatic nitrogens is 1. The molecule has 124 valence electrons. The highest BCUT2D eigenvalue weighted by Crippen LogP contribution is 2.32. The number of rotatable bonds is 4. The van der Waals surface area contributed by atoms with Gasteiger partial charge in [0.2, 0.25) is 5.91 Å². The number of benzene rings is 2. The van der Waals surface area contributed by atoms with E-state index in [9.17, 15) is 4.79 Å². The normalized spacial score (nSPS) is 12.8. The van der Waals surface area contributed by atoms with Crippen LogP contribution in [0.25, 0.3) is 11.1 Å². The molecule has 0 unspecified atom stereocenters. The van der Waals surface area contributed by atoms with Gasteiger partial charge < -0.3 is 5.32 Å². The van der Waals surface area contributed by atoms with Gasteiger partial charge in [0.15, 0.2) is 0 Å². The van der Waals surface area contributed by atoms with Crippen LogP contribution in [-0.2, 0) is 24.1 Å². The summed E-state index contributed by atoms with van der Waals surface area (Å²) in [5.74, 6) is 0.0706. The van der Waals surface area contributed by atoms with Crippen molar-refractivity contribution in [3.63, 3.8) is 0 Å². The monoisotopic (exact) mass is 328 g/mol. The first-order valence-electron chi connectivity index (χ1n) is 8.60. The van der Waals surface area contributed by atoms with Crippen molar-refractivity contribution in [1.82, 2.24) is 4.98 Å². The van der Waals surface area contributed by atoms with Gasteiger partial charge in [-0.05, 0) is 59.7 Å². The first kappa shape index (κ1) is 15.6. The number of nitrogens with zero attached hydrogens (tertiary/aromatic N) is 1. The zero-order valence-electron chi connectivity index (χ0n) is 14.3. The largest absolute Gasteiger partial charge is 0.326 e. The molecule has 2 aromatic carbocycles. The number of aryl methyl sites for hydroxylation is 3. The highest BCUT2D eigenvalue weighted by molar-refractivity contribution is 6.00. The minimum atomic E-state index is 0.0706. The number of hydrogen-bond donors (Lipinski definition) is 1. The number of fused-ring (bicyclic) bond motifs is 1. The molecule has 3 nitrogen and oxygen atoms in total. The molecular weight excluding hydrogens is 308 g/mol. The van der Waals surface area contributed by atoms with Crippen LogP contribution in [-0.4, -0.2) is 10.9 Å². The average Bonchev–Trinajstić information content (AvgIpc) is 2.99. The number of hydrogen-bond acceptors (Lipinski definition) is 2. The predicted octanol–water partition coefficient (Wildman–Crippen LogP) is 4.34. The zero-order valence-corrected chi connectivity index (χ0v) is 14.3. The lowest BCUT2D eigenvalue weighted by atomic mass is 9.96. The van der Waals surface area contributed by atoms with Gasteiger partial charge in [0.05, 0.1) is 6.42 Å². The highest BCUT2D eigenvalue weighted by Gasteiger charge is 2.19. The fraction of sp³-hybridized carbons (Fsp3) is 0.182. The number of amides is 1. The van der Waals surface area contributed by atoms with Crippen LogP contribution in [0.1, 0.15) is 22.3 Å². The molecule has 4 rings (SSSR count). The quantitative estimate of drug-likeness (QED) is 0.774. The summed E-state index contributed by atoms with van der Waals surface area (Å²) >= 11 is 0. The third-order valence-corrected chi connectivity index (χ3v) is 4.73. The molecule has 1 aromatic heterocycles. The lowest BCUT2D eigenvalue weighted by Gasteiger charge is -2.10. The Morgan fingerprint density at radius 2 is 1.80 bits per heavy atom. The van der Waals surface area contributed by atoms with Gasteiger partial charge in [-0.25, -0.2) is 0 Å². The second-order valence-corrected chi connectivity index (χ2v) is 6.62. The van der Waals surface area contributed by atoms with Crippen LogP contribution in [0, 0.1) is 6.92 Å². The third kappa shape index (κ3) is 3.31. The summed E-state index contributed by atoms with van der Waals surface area (Å²) in [6.45, 7) is 2.09. The molecule has 0 saturated carbocycles. The Bertz CT molecular complexity index is 932. The van der Waals surface area contributed by atoms with Gasteiger partial charge in [0.1, 0.15) is 0 Å². The molecule has 1 aliphatic heterocycles. The predicted molar refractivity (Wildman–Crippen MR) is 101 cm³/mol. The van der Waals surface area contributed by atoms with E-state index in [0.29, 0.717) is 6.42 Å². The third-order valence-electron chi connectivity index (χ3n) is 4.73.